The lowest BCUT2D eigenvalue weighted by Crippen LogP contribution is -2.50. The first kappa shape index (κ1) is 11.8. The molecule has 0 unspecified atom stereocenters. The van der Waals surface area contributed by atoms with Crippen molar-refractivity contribution in [1.29, 1.82) is 0 Å². The van der Waals surface area contributed by atoms with E-state index in [0.717, 1.165) is 19.4 Å². The average Bonchev–Trinajstić information content (AvgIpc) is 2.63. The van der Waals surface area contributed by atoms with Crippen molar-refractivity contribution in [2.75, 3.05) is 20.2 Å². The topological polar surface area (TPSA) is 29.5 Å². The lowest BCUT2D eigenvalue weighted by Gasteiger charge is -2.33. The Bertz CT molecular complexity index is 292. The molecule has 0 bridgehead atoms. The molecule has 1 atom stereocenters. The van der Waals surface area contributed by atoms with Crippen molar-refractivity contribution in [2.45, 2.75) is 24.8 Å². The number of rotatable bonds is 4. The average molecular weight is 207 g/mol. The summed E-state index contributed by atoms with van der Waals surface area (Å²) in [5.41, 5.74) is -0.567. The zero-order valence-corrected chi connectivity index (χ0v) is 9.16. The number of carbonyl (C=O) groups excluding carboxylic acids is 1. The number of ether oxygens (including phenoxy) is 1. The van der Waals surface area contributed by atoms with Gasteiger partial charge in [0.15, 0.2) is 0 Å². The van der Waals surface area contributed by atoms with Crippen molar-refractivity contribution in [1.82, 2.24) is 4.90 Å². The van der Waals surface area contributed by atoms with Crippen LogP contribution >= 0.6 is 0 Å². The van der Waals surface area contributed by atoms with E-state index in [0.29, 0.717) is 13.0 Å². The van der Waals surface area contributed by atoms with Crippen LogP contribution in [0.5, 0.6) is 0 Å². The first-order valence-electron chi connectivity index (χ1n) is 5.09. The van der Waals surface area contributed by atoms with Crippen LogP contribution in [0.4, 0.5) is 0 Å². The molecule has 0 aromatic rings. The predicted molar refractivity (Wildman–Crippen MR) is 59.2 cm³/mol. The maximum Gasteiger partial charge on any atom is 0.326 e. The Morgan fingerprint density at radius 1 is 1.80 bits per heavy atom. The number of likely N-dealkylation sites (tertiary alicyclic amines) is 1. The van der Waals surface area contributed by atoms with E-state index in [2.05, 4.69) is 12.5 Å². The molecule has 1 rings (SSSR count). The second-order valence-corrected chi connectivity index (χ2v) is 3.75. The Kier molecular flexibility index (Phi) is 3.93. The number of methoxy groups -OCH3 is 1. The summed E-state index contributed by atoms with van der Waals surface area (Å²) in [6.45, 7) is 5.04. The molecule has 0 radical (unpaired) electrons. The molecule has 0 N–H and O–H groups in total. The fraction of sp³-hybridized carbons (Fsp3) is 0.583. The maximum atomic E-state index is 11.8. The molecule has 1 heterocycles. The number of carbonyl (C=O) groups is 1. The van der Waals surface area contributed by atoms with Gasteiger partial charge in [-0.15, -0.1) is 13.0 Å². The van der Waals surface area contributed by atoms with Gasteiger partial charge in [-0.3, -0.25) is 9.69 Å². The van der Waals surface area contributed by atoms with E-state index in [1.165, 1.54) is 7.11 Å². The van der Waals surface area contributed by atoms with Crippen LogP contribution in [-0.4, -0.2) is 36.6 Å². The molecule has 1 fully saturated rings. The molecular formula is C12H17NO2. The standard InChI is InChI=1S/C12H17NO2/c1-4-7-12(11(14)15-3)8-6-10-13(12)9-5-2/h2,4H,1,6-10H2,3H3/t12-/m0/s1. The van der Waals surface area contributed by atoms with Crippen LogP contribution in [-0.2, 0) is 9.53 Å². The van der Waals surface area contributed by atoms with Crippen LogP contribution in [0, 0.1) is 12.3 Å². The second kappa shape index (κ2) is 4.99. The van der Waals surface area contributed by atoms with Crippen LogP contribution in [0.3, 0.4) is 0 Å². The van der Waals surface area contributed by atoms with Gasteiger partial charge in [-0.1, -0.05) is 12.0 Å². The predicted octanol–water partition coefficient (Wildman–Crippen LogP) is 1.20. The Labute approximate surface area is 91.1 Å². The first-order chi connectivity index (χ1) is 7.21. The van der Waals surface area contributed by atoms with Crippen LogP contribution < -0.4 is 0 Å². The van der Waals surface area contributed by atoms with Gasteiger partial charge in [0, 0.05) is 6.54 Å². The minimum atomic E-state index is -0.567. The number of nitrogens with zero attached hydrogens (tertiary/aromatic N) is 1. The highest BCUT2D eigenvalue weighted by Crippen LogP contribution is 2.33. The molecule has 0 aromatic heterocycles. The van der Waals surface area contributed by atoms with E-state index >= 15 is 0 Å². The smallest absolute Gasteiger partial charge is 0.326 e. The number of hydrogen-bond acceptors (Lipinski definition) is 3. The Balaban J connectivity index is 2.92. The third kappa shape index (κ3) is 2.05. The van der Waals surface area contributed by atoms with Gasteiger partial charge in [0.1, 0.15) is 5.54 Å². The summed E-state index contributed by atoms with van der Waals surface area (Å²) in [4.78, 5) is 13.8. The van der Waals surface area contributed by atoms with E-state index in [-0.39, 0.29) is 5.97 Å². The lowest BCUT2D eigenvalue weighted by molar-refractivity contribution is -0.153. The zero-order valence-electron chi connectivity index (χ0n) is 9.16. The summed E-state index contributed by atoms with van der Waals surface area (Å²) in [6, 6.07) is 0. The summed E-state index contributed by atoms with van der Waals surface area (Å²) in [6.07, 6.45) is 9.43. The molecule has 1 aliphatic rings. The molecule has 0 saturated carbocycles. The van der Waals surface area contributed by atoms with E-state index in [1.54, 1.807) is 6.08 Å². The van der Waals surface area contributed by atoms with Crippen molar-refractivity contribution in [2.24, 2.45) is 0 Å². The number of hydrogen-bond donors (Lipinski definition) is 0. The first-order valence-corrected chi connectivity index (χ1v) is 5.09. The van der Waals surface area contributed by atoms with Gasteiger partial charge in [-0.25, -0.2) is 0 Å². The van der Waals surface area contributed by atoms with E-state index in [9.17, 15) is 4.79 Å². The van der Waals surface area contributed by atoms with Gasteiger partial charge in [0.05, 0.1) is 13.7 Å². The quantitative estimate of drug-likeness (QED) is 0.394. The Morgan fingerprint density at radius 2 is 2.53 bits per heavy atom. The molecule has 3 nitrogen and oxygen atoms in total. The zero-order chi connectivity index (χ0) is 11.3. The summed E-state index contributed by atoms with van der Waals surface area (Å²) in [7, 11) is 1.42. The fourth-order valence-electron chi connectivity index (χ4n) is 2.25. The van der Waals surface area contributed by atoms with E-state index in [4.69, 9.17) is 11.2 Å². The maximum absolute atomic E-state index is 11.8. The van der Waals surface area contributed by atoms with Crippen LogP contribution in [0.15, 0.2) is 12.7 Å². The molecular weight excluding hydrogens is 190 g/mol. The minimum Gasteiger partial charge on any atom is -0.468 e. The van der Waals surface area contributed by atoms with Crippen LogP contribution in [0.2, 0.25) is 0 Å². The van der Waals surface area contributed by atoms with Crippen molar-refractivity contribution in [3.05, 3.63) is 12.7 Å². The molecule has 15 heavy (non-hydrogen) atoms. The summed E-state index contributed by atoms with van der Waals surface area (Å²) >= 11 is 0. The van der Waals surface area contributed by atoms with Crippen molar-refractivity contribution in [3.8, 4) is 12.3 Å². The lowest BCUT2D eigenvalue weighted by atomic mass is 9.92. The normalized spacial score (nSPS) is 25.9. The largest absolute Gasteiger partial charge is 0.468 e. The molecule has 1 saturated heterocycles. The van der Waals surface area contributed by atoms with Gasteiger partial charge < -0.3 is 4.74 Å². The SMILES string of the molecule is C#CCN1CCC[C@@]1(CC=C)C(=O)OC. The number of esters is 1. The third-order valence-electron chi connectivity index (χ3n) is 2.95. The highest BCUT2D eigenvalue weighted by atomic mass is 16.5. The van der Waals surface area contributed by atoms with E-state index < -0.39 is 5.54 Å². The summed E-state index contributed by atoms with van der Waals surface area (Å²) < 4.78 is 4.87. The summed E-state index contributed by atoms with van der Waals surface area (Å²) in [5, 5.41) is 0. The van der Waals surface area contributed by atoms with Gasteiger partial charge in [-0.2, -0.15) is 0 Å². The van der Waals surface area contributed by atoms with Gasteiger partial charge in [0.2, 0.25) is 0 Å². The molecule has 3 heteroatoms. The monoisotopic (exact) mass is 207 g/mol. The van der Waals surface area contributed by atoms with Crippen molar-refractivity contribution >= 4 is 5.97 Å². The Hall–Kier alpha value is -1.27. The molecule has 0 aromatic carbocycles. The Morgan fingerprint density at radius 3 is 3.07 bits per heavy atom. The van der Waals surface area contributed by atoms with Crippen LogP contribution in [0.25, 0.3) is 0 Å². The molecule has 1 aliphatic heterocycles. The molecule has 0 amide bonds. The summed E-state index contributed by atoms with van der Waals surface area (Å²) in [5.74, 6) is 2.39. The molecule has 0 spiro atoms. The highest BCUT2D eigenvalue weighted by molar-refractivity contribution is 5.81. The van der Waals surface area contributed by atoms with E-state index in [1.807, 2.05) is 4.90 Å². The fourth-order valence-corrected chi connectivity index (χ4v) is 2.25. The van der Waals surface area contributed by atoms with Crippen LogP contribution in [0.1, 0.15) is 19.3 Å². The third-order valence-corrected chi connectivity index (χ3v) is 2.95. The highest BCUT2D eigenvalue weighted by Gasteiger charge is 2.46. The minimum absolute atomic E-state index is 0.199. The molecule has 82 valence electrons. The van der Waals surface area contributed by atoms with Crippen molar-refractivity contribution in [3.63, 3.8) is 0 Å². The number of terminal acetylenes is 1. The molecule has 0 aliphatic carbocycles. The van der Waals surface area contributed by atoms with Gasteiger partial charge in [0.25, 0.3) is 0 Å². The van der Waals surface area contributed by atoms with Crippen molar-refractivity contribution < 1.29 is 9.53 Å². The van der Waals surface area contributed by atoms with Gasteiger partial charge >= 0.3 is 5.97 Å². The van der Waals surface area contributed by atoms with Gasteiger partial charge in [-0.05, 0) is 19.3 Å². The second-order valence-electron chi connectivity index (χ2n) is 3.75.